The molecule has 1 aromatic heterocycles. The van der Waals surface area contributed by atoms with E-state index in [2.05, 4.69) is 15.7 Å². The molecule has 0 saturated heterocycles. The van der Waals surface area contributed by atoms with Crippen molar-refractivity contribution >= 4 is 29.0 Å². The summed E-state index contributed by atoms with van der Waals surface area (Å²) in [6, 6.07) is 17.5. The highest BCUT2D eigenvalue weighted by atomic mass is 32.1. The summed E-state index contributed by atoms with van der Waals surface area (Å²) in [4.78, 5) is 12.0. The van der Waals surface area contributed by atoms with Gasteiger partial charge in [0, 0.05) is 6.54 Å². The van der Waals surface area contributed by atoms with E-state index in [-0.39, 0.29) is 5.97 Å². The van der Waals surface area contributed by atoms with Gasteiger partial charge >= 0.3 is 5.97 Å². The zero-order valence-electron chi connectivity index (χ0n) is 16.7. The third-order valence-electron chi connectivity index (χ3n) is 4.66. The van der Waals surface area contributed by atoms with Crippen LogP contribution in [0.2, 0.25) is 0 Å². The van der Waals surface area contributed by atoms with Crippen molar-refractivity contribution in [2.45, 2.75) is 26.9 Å². The lowest BCUT2D eigenvalue weighted by molar-refractivity contribution is 0.0599. The van der Waals surface area contributed by atoms with Crippen LogP contribution in [0.1, 0.15) is 32.9 Å². The maximum atomic E-state index is 12.0. The second-order valence-corrected chi connectivity index (χ2v) is 7.05. The number of benzene rings is 2. The number of nitrogens with zero attached hydrogens (tertiary/aromatic N) is 2. The number of hydrogen-bond donors (Lipinski definition) is 2. The molecule has 0 unspecified atom stereocenters. The van der Waals surface area contributed by atoms with Crippen LogP contribution in [0, 0.1) is 13.8 Å². The third-order valence-corrected chi connectivity index (χ3v) is 4.91. The second-order valence-electron chi connectivity index (χ2n) is 6.65. The van der Waals surface area contributed by atoms with E-state index < -0.39 is 0 Å². The van der Waals surface area contributed by atoms with Crippen LogP contribution in [0.25, 0.3) is 0 Å². The van der Waals surface area contributed by atoms with E-state index in [4.69, 9.17) is 17.0 Å². The van der Waals surface area contributed by atoms with Crippen LogP contribution in [0.5, 0.6) is 0 Å². The monoisotopic (exact) mass is 408 g/mol. The SMILES string of the molecule is COC(=O)c1ccccc1Cn1nc(C)c(NC(=S)NCc2ccccc2)c1C. The predicted molar refractivity (Wildman–Crippen MR) is 118 cm³/mol. The number of hydrogen-bond acceptors (Lipinski definition) is 4. The van der Waals surface area contributed by atoms with Crippen molar-refractivity contribution in [3.05, 3.63) is 82.7 Å². The van der Waals surface area contributed by atoms with Crippen molar-refractivity contribution in [2.75, 3.05) is 12.4 Å². The number of carbonyl (C=O) groups is 1. The molecule has 3 rings (SSSR count). The average molecular weight is 409 g/mol. The summed E-state index contributed by atoms with van der Waals surface area (Å²) in [6.45, 7) is 5.01. The first-order chi connectivity index (χ1) is 14.0. The normalized spacial score (nSPS) is 10.4. The number of thiocarbonyl (C=S) groups is 1. The van der Waals surface area contributed by atoms with Gasteiger partial charge in [0.25, 0.3) is 0 Å². The van der Waals surface area contributed by atoms with Gasteiger partial charge in [0.05, 0.1) is 36.3 Å². The Labute approximate surface area is 175 Å². The fourth-order valence-electron chi connectivity index (χ4n) is 3.10. The van der Waals surface area contributed by atoms with Crippen LogP contribution in [0.4, 0.5) is 5.69 Å². The molecule has 0 radical (unpaired) electrons. The Hall–Kier alpha value is -3.19. The van der Waals surface area contributed by atoms with Crippen molar-refractivity contribution in [2.24, 2.45) is 0 Å². The van der Waals surface area contributed by atoms with Gasteiger partial charge in [-0.15, -0.1) is 0 Å². The maximum Gasteiger partial charge on any atom is 0.338 e. The first kappa shape index (κ1) is 20.5. The molecule has 0 aliphatic rings. The highest BCUT2D eigenvalue weighted by molar-refractivity contribution is 7.80. The van der Waals surface area contributed by atoms with Gasteiger partial charge in [0.1, 0.15) is 0 Å². The molecule has 0 aliphatic heterocycles. The summed E-state index contributed by atoms with van der Waals surface area (Å²) in [5.41, 5.74) is 5.18. The maximum absolute atomic E-state index is 12.0. The molecule has 0 atom stereocenters. The lowest BCUT2D eigenvalue weighted by Crippen LogP contribution is -2.28. The number of anilines is 1. The van der Waals surface area contributed by atoms with Gasteiger partial charge in [0.15, 0.2) is 5.11 Å². The number of nitrogens with one attached hydrogen (secondary N) is 2. The van der Waals surface area contributed by atoms with E-state index in [1.807, 2.05) is 67.1 Å². The van der Waals surface area contributed by atoms with Crippen LogP contribution in [0.3, 0.4) is 0 Å². The molecule has 0 amide bonds. The number of methoxy groups -OCH3 is 1. The van der Waals surface area contributed by atoms with E-state index >= 15 is 0 Å². The van der Waals surface area contributed by atoms with Crippen LogP contribution in [-0.2, 0) is 17.8 Å². The van der Waals surface area contributed by atoms with E-state index in [0.29, 0.717) is 23.8 Å². The molecule has 29 heavy (non-hydrogen) atoms. The molecule has 6 nitrogen and oxygen atoms in total. The number of carbonyl (C=O) groups excluding carboxylic acids is 1. The molecule has 0 aliphatic carbocycles. The van der Waals surface area contributed by atoms with Crippen molar-refractivity contribution in [1.82, 2.24) is 15.1 Å². The van der Waals surface area contributed by atoms with Crippen molar-refractivity contribution in [1.29, 1.82) is 0 Å². The van der Waals surface area contributed by atoms with Gasteiger partial charge in [-0.3, -0.25) is 4.68 Å². The highest BCUT2D eigenvalue weighted by Crippen LogP contribution is 2.21. The molecule has 150 valence electrons. The largest absolute Gasteiger partial charge is 0.465 e. The van der Waals surface area contributed by atoms with Crippen LogP contribution >= 0.6 is 12.2 Å². The van der Waals surface area contributed by atoms with Gasteiger partial charge in [-0.1, -0.05) is 48.5 Å². The zero-order chi connectivity index (χ0) is 20.8. The molecule has 0 spiro atoms. The van der Waals surface area contributed by atoms with Crippen molar-refractivity contribution < 1.29 is 9.53 Å². The fraction of sp³-hybridized carbons (Fsp3) is 0.227. The zero-order valence-corrected chi connectivity index (χ0v) is 17.5. The average Bonchev–Trinajstić information content (AvgIpc) is 3.00. The molecule has 3 aromatic rings. The summed E-state index contributed by atoms with van der Waals surface area (Å²) in [5, 5.41) is 11.6. The first-order valence-corrected chi connectivity index (χ1v) is 9.69. The van der Waals surface area contributed by atoms with Gasteiger partial charge in [0.2, 0.25) is 0 Å². The van der Waals surface area contributed by atoms with Gasteiger partial charge in [-0.2, -0.15) is 5.10 Å². The van der Waals surface area contributed by atoms with E-state index in [0.717, 1.165) is 28.2 Å². The van der Waals surface area contributed by atoms with E-state index in [1.54, 1.807) is 6.07 Å². The highest BCUT2D eigenvalue weighted by Gasteiger charge is 2.16. The summed E-state index contributed by atoms with van der Waals surface area (Å²) in [6.07, 6.45) is 0. The van der Waals surface area contributed by atoms with Crippen molar-refractivity contribution in [3.8, 4) is 0 Å². The third kappa shape index (κ3) is 5.00. The number of aromatic nitrogens is 2. The minimum atomic E-state index is -0.355. The van der Waals surface area contributed by atoms with Gasteiger partial charge < -0.3 is 15.4 Å². The van der Waals surface area contributed by atoms with Gasteiger partial charge in [-0.05, 0) is 43.3 Å². The molecule has 2 aromatic carbocycles. The lowest BCUT2D eigenvalue weighted by atomic mass is 10.1. The Bertz CT molecular complexity index is 1010. The molecule has 0 saturated carbocycles. The smallest absolute Gasteiger partial charge is 0.338 e. The molecule has 0 bridgehead atoms. The van der Waals surface area contributed by atoms with Gasteiger partial charge in [-0.25, -0.2) is 4.79 Å². The standard InChI is InChI=1S/C22H24N4O2S/c1-15-20(24-22(29)23-13-17-9-5-4-6-10-17)16(2)26(25-15)14-18-11-7-8-12-19(18)21(27)28-3/h4-12H,13-14H2,1-3H3,(H2,23,24,29). The van der Waals surface area contributed by atoms with Crippen LogP contribution in [0.15, 0.2) is 54.6 Å². The Morgan fingerprint density at radius 3 is 2.52 bits per heavy atom. The van der Waals surface area contributed by atoms with Crippen LogP contribution < -0.4 is 10.6 Å². The number of ether oxygens (including phenoxy) is 1. The Kier molecular flexibility index (Phi) is 6.61. The molecular formula is C22H24N4O2S. The summed E-state index contributed by atoms with van der Waals surface area (Å²) in [7, 11) is 1.38. The molecule has 0 fully saturated rings. The fourth-order valence-corrected chi connectivity index (χ4v) is 3.27. The number of esters is 1. The Balaban J connectivity index is 1.72. The first-order valence-electron chi connectivity index (χ1n) is 9.28. The molecule has 2 N–H and O–H groups in total. The summed E-state index contributed by atoms with van der Waals surface area (Å²) in [5.74, 6) is -0.355. The summed E-state index contributed by atoms with van der Waals surface area (Å²) < 4.78 is 6.74. The van der Waals surface area contributed by atoms with E-state index in [9.17, 15) is 4.79 Å². The number of aryl methyl sites for hydroxylation is 1. The lowest BCUT2D eigenvalue weighted by Gasteiger charge is -2.12. The van der Waals surface area contributed by atoms with E-state index in [1.165, 1.54) is 7.11 Å². The predicted octanol–water partition coefficient (Wildman–Crippen LogP) is 3.82. The summed E-state index contributed by atoms with van der Waals surface area (Å²) >= 11 is 5.44. The topological polar surface area (TPSA) is 68.2 Å². The van der Waals surface area contributed by atoms with Crippen LogP contribution in [-0.4, -0.2) is 28.0 Å². The Morgan fingerprint density at radius 2 is 1.79 bits per heavy atom. The minimum absolute atomic E-state index is 0.355. The number of rotatable bonds is 6. The van der Waals surface area contributed by atoms with Crippen molar-refractivity contribution in [3.63, 3.8) is 0 Å². The molecule has 1 heterocycles. The molecular weight excluding hydrogens is 384 g/mol. The molecule has 7 heteroatoms. The quantitative estimate of drug-likeness (QED) is 0.477. The second kappa shape index (κ2) is 9.34. The minimum Gasteiger partial charge on any atom is -0.465 e. The Morgan fingerprint density at radius 1 is 1.10 bits per heavy atom.